The summed E-state index contributed by atoms with van der Waals surface area (Å²) in [5.74, 6) is -0.458. The predicted octanol–water partition coefficient (Wildman–Crippen LogP) is 4.29. The molecule has 1 unspecified atom stereocenters. The first-order chi connectivity index (χ1) is 14.8. The van der Waals surface area contributed by atoms with E-state index >= 15 is 0 Å². The first kappa shape index (κ1) is 25.3. The maximum atomic E-state index is 13.2. The van der Waals surface area contributed by atoms with Gasteiger partial charge in [0, 0.05) is 21.9 Å². The van der Waals surface area contributed by atoms with Gasteiger partial charge in [0.15, 0.2) is 0 Å². The lowest BCUT2D eigenvalue weighted by Gasteiger charge is -2.42. The molecule has 5 nitrogen and oxygen atoms in total. The number of carbonyl (C=O) groups is 2. The van der Waals surface area contributed by atoms with Crippen LogP contribution in [-0.2, 0) is 11.2 Å². The summed E-state index contributed by atoms with van der Waals surface area (Å²) in [5.41, 5.74) is 6.19. The number of hydrogen-bond donors (Lipinski definition) is 2. The number of carbonyl (C=O) groups excluding carboxylic acids is 2. The number of benzene rings is 2. The highest BCUT2D eigenvalue weighted by atomic mass is 35.5. The number of thiocarbonyl (C=S) groups is 1. The molecule has 1 aliphatic rings. The molecule has 166 valence electrons. The Kier molecular flexibility index (Phi) is 9.50. The number of nitrogens with two attached hydrogens (primary N) is 1. The quantitative estimate of drug-likeness (QED) is 0.607. The standard InChI is InChI=1S/C22H23ClN2O2S2.CH5N/c1-22(2)18(24-19(26)16-10-12-17(23)13-11-16)20(27)25(21(28)29-22)14-6-9-15-7-4-3-5-8-15;1-2/h3-5,7-8,10-13,18H,6,9,14H2,1-2H3,(H,24,26);2H2,1H3. The van der Waals surface area contributed by atoms with Crippen molar-refractivity contribution in [3.63, 3.8) is 0 Å². The Morgan fingerprint density at radius 2 is 1.77 bits per heavy atom. The molecule has 1 aliphatic heterocycles. The molecule has 0 saturated carbocycles. The molecule has 2 aromatic rings. The van der Waals surface area contributed by atoms with Crippen LogP contribution in [0.3, 0.4) is 0 Å². The molecule has 0 spiro atoms. The van der Waals surface area contributed by atoms with Crippen LogP contribution in [0.4, 0.5) is 0 Å². The third-order valence-electron chi connectivity index (χ3n) is 4.85. The van der Waals surface area contributed by atoms with Crippen LogP contribution in [0.1, 0.15) is 36.2 Å². The van der Waals surface area contributed by atoms with Gasteiger partial charge < -0.3 is 11.1 Å². The number of amides is 2. The molecule has 8 heteroatoms. The van der Waals surface area contributed by atoms with Crippen LogP contribution in [-0.4, -0.2) is 45.4 Å². The van der Waals surface area contributed by atoms with Gasteiger partial charge in [0.1, 0.15) is 10.4 Å². The maximum absolute atomic E-state index is 13.2. The highest BCUT2D eigenvalue weighted by molar-refractivity contribution is 8.24. The summed E-state index contributed by atoms with van der Waals surface area (Å²) < 4.78 is 0.0247. The average molecular weight is 478 g/mol. The van der Waals surface area contributed by atoms with E-state index in [1.165, 1.54) is 24.4 Å². The zero-order valence-corrected chi connectivity index (χ0v) is 20.3. The van der Waals surface area contributed by atoms with Crippen molar-refractivity contribution in [3.05, 3.63) is 70.7 Å². The second kappa shape index (κ2) is 11.6. The average Bonchev–Trinajstić information content (AvgIpc) is 2.75. The largest absolute Gasteiger partial charge is 0.339 e. The minimum Gasteiger partial charge on any atom is -0.339 e. The van der Waals surface area contributed by atoms with Gasteiger partial charge in [-0.25, -0.2) is 0 Å². The van der Waals surface area contributed by atoms with E-state index in [2.05, 4.69) is 23.2 Å². The first-order valence-electron chi connectivity index (χ1n) is 10.0. The fourth-order valence-electron chi connectivity index (χ4n) is 3.22. The van der Waals surface area contributed by atoms with E-state index in [9.17, 15) is 9.59 Å². The predicted molar refractivity (Wildman–Crippen MR) is 134 cm³/mol. The Labute approximate surface area is 198 Å². The van der Waals surface area contributed by atoms with Crippen molar-refractivity contribution in [2.24, 2.45) is 5.73 Å². The third-order valence-corrected chi connectivity index (χ3v) is 6.73. The van der Waals surface area contributed by atoms with Gasteiger partial charge in [-0.2, -0.15) is 0 Å². The fraction of sp³-hybridized carbons (Fsp3) is 0.348. The van der Waals surface area contributed by atoms with Gasteiger partial charge in [0.25, 0.3) is 11.8 Å². The van der Waals surface area contributed by atoms with Gasteiger partial charge in [-0.3, -0.25) is 14.5 Å². The van der Waals surface area contributed by atoms with Crippen molar-refractivity contribution in [3.8, 4) is 0 Å². The van der Waals surface area contributed by atoms with E-state index in [0.29, 0.717) is 21.5 Å². The van der Waals surface area contributed by atoms with Crippen molar-refractivity contribution >= 4 is 51.7 Å². The number of rotatable bonds is 6. The lowest BCUT2D eigenvalue weighted by molar-refractivity contribution is -0.130. The molecule has 0 aliphatic carbocycles. The molecule has 31 heavy (non-hydrogen) atoms. The Morgan fingerprint density at radius 3 is 2.39 bits per heavy atom. The van der Waals surface area contributed by atoms with Gasteiger partial charge in [-0.1, -0.05) is 65.9 Å². The van der Waals surface area contributed by atoms with Gasteiger partial charge in [0.2, 0.25) is 0 Å². The topological polar surface area (TPSA) is 75.4 Å². The zero-order chi connectivity index (χ0) is 23.0. The monoisotopic (exact) mass is 477 g/mol. The number of halogens is 1. The number of aryl methyl sites for hydroxylation is 1. The Hall–Kier alpha value is -1.93. The molecule has 0 aromatic heterocycles. The van der Waals surface area contributed by atoms with E-state index < -0.39 is 10.8 Å². The van der Waals surface area contributed by atoms with Gasteiger partial charge >= 0.3 is 0 Å². The second-order valence-corrected chi connectivity index (χ2v) is 10.2. The van der Waals surface area contributed by atoms with Crippen LogP contribution in [0.2, 0.25) is 5.02 Å². The number of hydrogen-bond acceptors (Lipinski definition) is 5. The molecule has 1 fully saturated rings. The second-order valence-electron chi connectivity index (χ2n) is 7.46. The minimum atomic E-state index is -0.667. The Balaban J connectivity index is 0.00000166. The number of nitrogens with one attached hydrogen (secondary N) is 1. The molecule has 3 N–H and O–H groups in total. The van der Waals surface area contributed by atoms with Crippen molar-refractivity contribution in [2.75, 3.05) is 13.6 Å². The van der Waals surface area contributed by atoms with Gasteiger partial charge in [-0.15, -0.1) is 0 Å². The van der Waals surface area contributed by atoms with Crippen molar-refractivity contribution < 1.29 is 9.59 Å². The van der Waals surface area contributed by atoms with E-state index in [-0.39, 0.29) is 11.8 Å². The molecular weight excluding hydrogens is 450 g/mol. The molecule has 0 radical (unpaired) electrons. The van der Waals surface area contributed by atoms with E-state index in [4.69, 9.17) is 23.8 Å². The summed E-state index contributed by atoms with van der Waals surface area (Å²) >= 11 is 12.8. The molecule has 1 heterocycles. The van der Waals surface area contributed by atoms with Crippen molar-refractivity contribution in [2.45, 2.75) is 37.5 Å². The molecule has 1 saturated heterocycles. The molecule has 1 atom stereocenters. The fourth-order valence-corrected chi connectivity index (χ4v) is 5.19. The van der Waals surface area contributed by atoms with Crippen LogP contribution in [0.15, 0.2) is 54.6 Å². The Bertz CT molecular complexity index is 905. The lowest BCUT2D eigenvalue weighted by Crippen LogP contribution is -2.62. The van der Waals surface area contributed by atoms with Gasteiger partial charge in [-0.05, 0) is 63.6 Å². The molecule has 0 bridgehead atoms. The Morgan fingerprint density at radius 1 is 1.16 bits per heavy atom. The van der Waals surface area contributed by atoms with E-state index in [0.717, 1.165) is 12.8 Å². The van der Waals surface area contributed by atoms with Crippen LogP contribution in [0.5, 0.6) is 0 Å². The summed E-state index contributed by atoms with van der Waals surface area (Å²) in [6.45, 7) is 4.38. The molecule has 2 amide bonds. The highest BCUT2D eigenvalue weighted by Crippen LogP contribution is 2.36. The normalized spacial score (nSPS) is 17.6. The van der Waals surface area contributed by atoms with Crippen LogP contribution in [0.25, 0.3) is 0 Å². The molecular formula is C23H28ClN3O2S2. The first-order valence-corrected chi connectivity index (χ1v) is 11.6. The zero-order valence-electron chi connectivity index (χ0n) is 17.9. The number of thioether (sulfide) groups is 1. The SMILES string of the molecule is CC1(C)SC(=S)N(CCCc2ccccc2)C(=O)C1NC(=O)c1ccc(Cl)cc1.CN. The highest BCUT2D eigenvalue weighted by Gasteiger charge is 2.46. The minimum absolute atomic E-state index is 0.158. The molecule has 3 rings (SSSR count). The van der Waals surface area contributed by atoms with Crippen molar-refractivity contribution in [1.82, 2.24) is 10.2 Å². The number of nitrogens with zero attached hydrogens (tertiary/aromatic N) is 1. The van der Waals surface area contributed by atoms with Crippen LogP contribution < -0.4 is 11.1 Å². The van der Waals surface area contributed by atoms with Crippen LogP contribution in [0, 0.1) is 0 Å². The van der Waals surface area contributed by atoms with Gasteiger partial charge in [0.05, 0.1) is 0 Å². The summed E-state index contributed by atoms with van der Waals surface area (Å²) in [6.07, 6.45) is 1.66. The maximum Gasteiger partial charge on any atom is 0.252 e. The lowest BCUT2D eigenvalue weighted by atomic mass is 10.00. The summed E-state index contributed by atoms with van der Waals surface area (Å²) in [6, 6.07) is 16.1. The smallest absolute Gasteiger partial charge is 0.252 e. The summed E-state index contributed by atoms with van der Waals surface area (Å²) in [4.78, 5) is 27.5. The van der Waals surface area contributed by atoms with E-state index in [1.807, 2.05) is 32.0 Å². The van der Waals surface area contributed by atoms with Crippen LogP contribution >= 0.6 is 35.6 Å². The summed E-state index contributed by atoms with van der Waals surface area (Å²) in [5, 5.41) is 3.46. The van der Waals surface area contributed by atoms with Crippen molar-refractivity contribution in [1.29, 1.82) is 0 Å². The molecule has 2 aromatic carbocycles. The summed E-state index contributed by atoms with van der Waals surface area (Å²) in [7, 11) is 1.50. The third kappa shape index (κ3) is 6.77. The van der Waals surface area contributed by atoms with E-state index in [1.54, 1.807) is 29.2 Å².